The van der Waals surface area contributed by atoms with Gasteiger partial charge in [0.05, 0.1) is 22.9 Å². The first-order valence-corrected chi connectivity index (χ1v) is 16.0. The molecule has 0 radical (unpaired) electrons. The van der Waals surface area contributed by atoms with Crippen molar-refractivity contribution in [3.8, 4) is 11.5 Å². The van der Waals surface area contributed by atoms with Gasteiger partial charge in [0.1, 0.15) is 12.4 Å². The average Bonchev–Trinajstić information content (AvgIpc) is 3.35. The molecule has 1 amide bonds. The Bertz CT molecular complexity index is 1710. The predicted molar refractivity (Wildman–Crippen MR) is 184 cm³/mol. The number of amidine groups is 1. The number of allylic oxidation sites excluding steroid dienone is 1. The van der Waals surface area contributed by atoms with Gasteiger partial charge in [0.2, 0.25) is 0 Å². The number of rotatable bonds is 12. The van der Waals surface area contributed by atoms with Crippen LogP contribution in [0.2, 0.25) is 0 Å². The van der Waals surface area contributed by atoms with Crippen LogP contribution in [0.5, 0.6) is 11.5 Å². The van der Waals surface area contributed by atoms with Gasteiger partial charge >= 0.3 is 0 Å². The number of nitrogens with zero attached hydrogens (tertiary/aromatic N) is 2. The van der Waals surface area contributed by atoms with Gasteiger partial charge in [-0.2, -0.15) is 0 Å². The lowest BCUT2D eigenvalue weighted by Gasteiger charge is -2.17. The van der Waals surface area contributed by atoms with E-state index in [1.54, 1.807) is 23.1 Å². The molecular weight excluding hydrogens is 583 g/mol. The number of aryl methyl sites for hydroxylation is 2. The van der Waals surface area contributed by atoms with Crippen LogP contribution in [0.15, 0.2) is 107 Å². The van der Waals surface area contributed by atoms with Gasteiger partial charge in [0, 0.05) is 5.56 Å². The third-order valence-corrected chi connectivity index (χ3v) is 8.36. The number of benzene rings is 4. The number of amides is 1. The van der Waals surface area contributed by atoms with E-state index in [2.05, 4.69) is 32.6 Å². The fraction of sp³-hybridized carbons (Fsp3) is 0.211. The van der Waals surface area contributed by atoms with E-state index < -0.39 is 0 Å². The highest BCUT2D eigenvalue weighted by Gasteiger charge is 2.35. The Labute approximate surface area is 269 Å². The Morgan fingerprint density at radius 1 is 0.867 bits per heavy atom. The first-order valence-electron chi connectivity index (χ1n) is 15.2. The molecule has 1 fully saturated rings. The zero-order valence-electron chi connectivity index (χ0n) is 25.9. The second-order valence-electron chi connectivity index (χ2n) is 10.5. The maximum Gasteiger partial charge on any atom is 0.271 e. The summed E-state index contributed by atoms with van der Waals surface area (Å²) < 4.78 is 25.7. The summed E-state index contributed by atoms with van der Waals surface area (Å²) in [6.07, 6.45) is 6.08. The zero-order valence-corrected chi connectivity index (χ0v) is 26.7. The normalized spacial score (nSPS) is 14.8. The van der Waals surface area contributed by atoms with Gasteiger partial charge in [-0.15, -0.1) is 6.58 Å². The third kappa shape index (κ3) is 7.73. The van der Waals surface area contributed by atoms with Crippen LogP contribution in [-0.4, -0.2) is 17.7 Å². The van der Waals surface area contributed by atoms with Crippen molar-refractivity contribution in [2.75, 3.05) is 11.5 Å². The minimum absolute atomic E-state index is 0.145. The summed E-state index contributed by atoms with van der Waals surface area (Å²) in [6.45, 7) is 10.8. The van der Waals surface area contributed by atoms with E-state index >= 15 is 0 Å². The van der Waals surface area contributed by atoms with Crippen LogP contribution in [-0.2, 0) is 30.7 Å². The summed E-state index contributed by atoms with van der Waals surface area (Å²) in [5.74, 6) is 0.729. The molecular formula is C38H37FN2O3S. The molecule has 4 aromatic rings. The maximum absolute atomic E-state index is 14.0. The van der Waals surface area contributed by atoms with Crippen LogP contribution in [0.1, 0.15) is 48.6 Å². The number of hydrogen-bond acceptors (Lipinski definition) is 5. The SMILES string of the molecule is C=CCc1cc(/C=C2\SC(=Nc3ccc(CC)cc3)N(c3ccc(CC)cc3)C2=O)cc(OCC)c1OCc1ccc(F)cc1. The van der Waals surface area contributed by atoms with Crippen molar-refractivity contribution in [1.29, 1.82) is 0 Å². The van der Waals surface area contributed by atoms with Crippen LogP contribution >= 0.6 is 11.8 Å². The molecule has 5 nitrogen and oxygen atoms in total. The molecule has 4 aromatic carbocycles. The lowest BCUT2D eigenvalue weighted by molar-refractivity contribution is -0.113. The second-order valence-corrected chi connectivity index (χ2v) is 11.5. The molecule has 1 heterocycles. The van der Waals surface area contributed by atoms with Gasteiger partial charge in [-0.1, -0.05) is 56.3 Å². The number of carbonyl (C=O) groups is 1. The van der Waals surface area contributed by atoms with Crippen LogP contribution < -0.4 is 14.4 Å². The number of anilines is 1. The molecule has 0 N–H and O–H groups in total. The van der Waals surface area contributed by atoms with Crippen molar-refractivity contribution in [2.24, 2.45) is 4.99 Å². The van der Waals surface area contributed by atoms with E-state index in [4.69, 9.17) is 14.5 Å². The van der Waals surface area contributed by atoms with Crippen molar-refractivity contribution in [1.82, 2.24) is 0 Å². The molecule has 230 valence electrons. The molecule has 5 rings (SSSR count). The van der Waals surface area contributed by atoms with Gasteiger partial charge < -0.3 is 9.47 Å². The molecule has 0 aromatic heterocycles. The average molecular weight is 621 g/mol. The lowest BCUT2D eigenvalue weighted by atomic mass is 10.0. The van der Waals surface area contributed by atoms with E-state index in [0.717, 1.165) is 40.9 Å². The summed E-state index contributed by atoms with van der Waals surface area (Å²) >= 11 is 1.35. The largest absolute Gasteiger partial charge is 0.490 e. The summed E-state index contributed by atoms with van der Waals surface area (Å²) in [5.41, 5.74) is 6.49. The highest BCUT2D eigenvalue weighted by Crippen LogP contribution is 2.40. The molecule has 0 saturated carbocycles. The first kappa shape index (κ1) is 31.8. The van der Waals surface area contributed by atoms with E-state index in [1.807, 2.05) is 61.5 Å². The van der Waals surface area contributed by atoms with Crippen LogP contribution in [0.25, 0.3) is 6.08 Å². The van der Waals surface area contributed by atoms with E-state index in [9.17, 15) is 9.18 Å². The Kier molecular flexibility index (Phi) is 10.5. The molecule has 1 aliphatic heterocycles. The topological polar surface area (TPSA) is 51.1 Å². The molecule has 0 spiro atoms. The lowest BCUT2D eigenvalue weighted by Crippen LogP contribution is -2.28. The highest BCUT2D eigenvalue weighted by molar-refractivity contribution is 8.19. The molecule has 0 bridgehead atoms. The van der Waals surface area contributed by atoms with E-state index in [1.165, 1.54) is 35.0 Å². The van der Waals surface area contributed by atoms with Crippen LogP contribution in [0, 0.1) is 5.82 Å². The Balaban J connectivity index is 1.52. The fourth-order valence-corrected chi connectivity index (χ4v) is 5.96. The maximum atomic E-state index is 14.0. The molecule has 0 aliphatic carbocycles. The van der Waals surface area contributed by atoms with Gasteiger partial charge in [-0.25, -0.2) is 9.38 Å². The van der Waals surface area contributed by atoms with Gasteiger partial charge in [0.25, 0.3) is 5.91 Å². The monoisotopic (exact) mass is 620 g/mol. The number of aliphatic imine (C=N–C) groups is 1. The minimum Gasteiger partial charge on any atom is -0.490 e. The quantitative estimate of drug-likeness (QED) is 0.117. The zero-order chi connectivity index (χ0) is 31.8. The summed E-state index contributed by atoms with van der Waals surface area (Å²) in [7, 11) is 0. The van der Waals surface area contributed by atoms with E-state index in [0.29, 0.717) is 34.6 Å². The number of carbonyl (C=O) groups excluding carboxylic acids is 1. The first-order chi connectivity index (χ1) is 21.9. The van der Waals surface area contributed by atoms with Crippen molar-refractivity contribution in [3.63, 3.8) is 0 Å². The molecule has 7 heteroatoms. The Morgan fingerprint density at radius 2 is 1.51 bits per heavy atom. The predicted octanol–water partition coefficient (Wildman–Crippen LogP) is 9.47. The van der Waals surface area contributed by atoms with Gasteiger partial charge in [0.15, 0.2) is 16.7 Å². The number of thioether (sulfide) groups is 1. The molecule has 1 aliphatic rings. The van der Waals surface area contributed by atoms with Crippen LogP contribution in [0.3, 0.4) is 0 Å². The van der Waals surface area contributed by atoms with Crippen molar-refractivity contribution < 1.29 is 18.7 Å². The van der Waals surface area contributed by atoms with Crippen LogP contribution in [0.4, 0.5) is 15.8 Å². The van der Waals surface area contributed by atoms with Crippen molar-refractivity contribution >= 4 is 40.3 Å². The second kappa shape index (κ2) is 14.9. The number of hydrogen-bond donors (Lipinski definition) is 0. The molecule has 0 unspecified atom stereocenters. The van der Waals surface area contributed by atoms with E-state index in [-0.39, 0.29) is 18.3 Å². The molecule has 0 atom stereocenters. The minimum atomic E-state index is -0.294. The summed E-state index contributed by atoms with van der Waals surface area (Å²) in [4.78, 5) is 21.1. The Hall–Kier alpha value is -4.62. The smallest absolute Gasteiger partial charge is 0.271 e. The molecule has 1 saturated heterocycles. The number of halogens is 1. The third-order valence-electron chi connectivity index (χ3n) is 7.39. The standard InChI is InChI=1S/C38H37FN2O3S/c1-5-9-30-22-29(23-34(43-8-4)36(30)44-25-28-10-16-31(39)17-11-28)24-35-37(42)41(33-20-14-27(7-3)15-21-33)38(45-35)40-32-18-12-26(6-2)13-19-32/h5,10-24H,1,6-9,25H2,2-4H3/b35-24-,40-38?. The van der Waals surface area contributed by atoms with Crippen molar-refractivity contribution in [2.45, 2.75) is 46.6 Å². The van der Waals surface area contributed by atoms with Gasteiger partial charge in [-0.05, 0) is 115 Å². The summed E-state index contributed by atoms with van der Waals surface area (Å²) in [6, 6.07) is 26.2. The molecule has 45 heavy (non-hydrogen) atoms. The fourth-order valence-electron chi connectivity index (χ4n) is 4.96. The van der Waals surface area contributed by atoms with Gasteiger partial charge in [-0.3, -0.25) is 9.69 Å². The number of ether oxygens (including phenoxy) is 2. The Morgan fingerprint density at radius 3 is 2.13 bits per heavy atom. The highest BCUT2D eigenvalue weighted by atomic mass is 32.2. The van der Waals surface area contributed by atoms with Crippen molar-refractivity contribution in [3.05, 3.63) is 136 Å². The summed E-state index contributed by atoms with van der Waals surface area (Å²) in [5, 5.41) is 0.593.